The van der Waals surface area contributed by atoms with Gasteiger partial charge in [-0.1, -0.05) is 35.3 Å². The van der Waals surface area contributed by atoms with Crippen molar-refractivity contribution in [1.29, 1.82) is 0 Å². The van der Waals surface area contributed by atoms with Crippen LogP contribution in [-0.2, 0) is 6.54 Å². The van der Waals surface area contributed by atoms with E-state index >= 15 is 0 Å². The van der Waals surface area contributed by atoms with E-state index in [4.69, 9.17) is 23.2 Å². The van der Waals surface area contributed by atoms with E-state index in [1.165, 1.54) is 11.3 Å². The summed E-state index contributed by atoms with van der Waals surface area (Å²) in [6.07, 6.45) is 1.63. The summed E-state index contributed by atoms with van der Waals surface area (Å²) in [6, 6.07) is 9.18. The molecule has 142 valence electrons. The lowest BCUT2D eigenvalue weighted by Crippen LogP contribution is -2.16. The second-order valence-corrected chi connectivity index (χ2v) is 8.55. The molecule has 3 heterocycles. The van der Waals surface area contributed by atoms with Gasteiger partial charge in [0.25, 0.3) is 5.91 Å². The van der Waals surface area contributed by atoms with Crippen molar-refractivity contribution in [1.82, 2.24) is 14.8 Å². The molecule has 0 aliphatic rings. The number of hydrogen-bond acceptors (Lipinski definition) is 5. The van der Waals surface area contributed by atoms with E-state index in [-0.39, 0.29) is 5.91 Å². The highest BCUT2D eigenvalue weighted by Crippen LogP contribution is 2.30. The summed E-state index contributed by atoms with van der Waals surface area (Å²) < 4.78 is 1.67. The van der Waals surface area contributed by atoms with E-state index < -0.39 is 0 Å². The number of aromatic nitrogens is 3. The van der Waals surface area contributed by atoms with Crippen LogP contribution in [0.1, 0.15) is 20.9 Å². The largest absolute Gasteiger partial charge is 0.306 e. The zero-order valence-corrected chi connectivity index (χ0v) is 17.8. The number of anilines is 1. The number of carbonyl (C=O) groups is 1. The van der Waals surface area contributed by atoms with Crippen LogP contribution in [0.15, 0.2) is 47.3 Å². The molecule has 9 heteroatoms. The summed E-state index contributed by atoms with van der Waals surface area (Å²) in [5, 5.41) is 13.0. The van der Waals surface area contributed by atoms with Gasteiger partial charge in [0.15, 0.2) is 0 Å². The number of hydrogen-bond donors (Lipinski definition) is 1. The van der Waals surface area contributed by atoms with Crippen molar-refractivity contribution < 1.29 is 4.79 Å². The van der Waals surface area contributed by atoms with Gasteiger partial charge in [-0.25, -0.2) is 9.67 Å². The fourth-order valence-corrected chi connectivity index (χ4v) is 4.74. The summed E-state index contributed by atoms with van der Waals surface area (Å²) in [6.45, 7) is 2.23. The Kier molecular flexibility index (Phi) is 5.50. The van der Waals surface area contributed by atoms with Crippen molar-refractivity contribution in [2.45, 2.75) is 13.5 Å². The third-order valence-electron chi connectivity index (χ3n) is 4.08. The van der Waals surface area contributed by atoms with Crippen molar-refractivity contribution in [3.8, 4) is 10.6 Å². The molecule has 0 atom stereocenters. The van der Waals surface area contributed by atoms with E-state index in [0.717, 1.165) is 16.1 Å². The molecule has 0 aliphatic carbocycles. The number of rotatable bonds is 5. The van der Waals surface area contributed by atoms with Gasteiger partial charge in [-0.05, 0) is 30.0 Å². The summed E-state index contributed by atoms with van der Waals surface area (Å²) in [5.41, 5.74) is 2.55. The molecule has 4 aromatic rings. The predicted octanol–water partition coefficient (Wildman–Crippen LogP) is 5.98. The third-order valence-corrected chi connectivity index (χ3v) is 6.83. The minimum absolute atomic E-state index is 0.213. The van der Waals surface area contributed by atoms with Gasteiger partial charge in [0.2, 0.25) is 0 Å². The van der Waals surface area contributed by atoms with Crippen molar-refractivity contribution in [2.75, 3.05) is 5.32 Å². The maximum atomic E-state index is 12.8. The van der Waals surface area contributed by atoms with Crippen LogP contribution in [0.4, 0.5) is 5.82 Å². The molecule has 0 aliphatic heterocycles. The van der Waals surface area contributed by atoms with Crippen LogP contribution in [-0.4, -0.2) is 20.7 Å². The van der Waals surface area contributed by atoms with Gasteiger partial charge >= 0.3 is 0 Å². The average molecular weight is 449 g/mol. The second kappa shape index (κ2) is 8.05. The maximum Gasteiger partial charge on any atom is 0.268 e. The molecule has 0 saturated carbocycles. The van der Waals surface area contributed by atoms with Crippen LogP contribution >= 0.6 is 45.9 Å². The van der Waals surface area contributed by atoms with Crippen LogP contribution in [0.2, 0.25) is 10.0 Å². The molecule has 0 bridgehead atoms. The summed E-state index contributed by atoms with van der Waals surface area (Å²) >= 11 is 15.3. The van der Waals surface area contributed by atoms with Crippen LogP contribution in [0.25, 0.3) is 10.6 Å². The zero-order valence-electron chi connectivity index (χ0n) is 14.6. The number of aryl methyl sites for hydroxylation is 1. The number of nitrogens with one attached hydrogen (secondary N) is 1. The Balaban J connectivity index is 1.55. The smallest absolute Gasteiger partial charge is 0.268 e. The molecule has 28 heavy (non-hydrogen) atoms. The fourth-order valence-electron chi connectivity index (χ4n) is 2.69. The van der Waals surface area contributed by atoms with Crippen molar-refractivity contribution in [2.24, 2.45) is 0 Å². The molecule has 0 saturated heterocycles. The summed E-state index contributed by atoms with van der Waals surface area (Å²) in [5.74, 6) is 0.362. The molecule has 4 rings (SSSR count). The SMILES string of the molecule is Cc1nc(-c2ccsc2)sc1C(=O)Nc1ccnn1Cc1cccc(Cl)c1Cl. The van der Waals surface area contributed by atoms with Crippen LogP contribution in [0, 0.1) is 6.92 Å². The zero-order chi connectivity index (χ0) is 19.7. The average Bonchev–Trinajstić information content (AvgIpc) is 3.40. The van der Waals surface area contributed by atoms with Crippen LogP contribution < -0.4 is 5.32 Å². The predicted molar refractivity (Wildman–Crippen MR) is 116 cm³/mol. The Labute approximate surface area is 179 Å². The molecule has 0 spiro atoms. The number of amides is 1. The van der Waals surface area contributed by atoms with Crippen LogP contribution in [0.3, 0.4) is 0 Å². The molecule has 0 unspecified atom stereocenters. The van der Waals surface area contributed by atoms with Crippen molar-refractivity contribution in [3.05, 3.63) is 73.5 Å². The molecule has 1 aromatic carbocycles. The minimum atomic E-state index is -0.213. The molecule has 0 radical (unpaired) electrons. The quantitative estimate of drug-likeness (QED) is 0.408. The first-order valence-corrected chi connectivity index (χ1v) is 10.8. The molecular formula is C19H14Cl2N4OS2. The standard InChI is InChI=1S/C19H14Cl2N4OS2/c1-11-17(28-19(23-11)13-6-8-27-10-13)18(26)24-15-5-7-22-25(15)9-12-3-2-4-14(20)16(12)21/h2-8,10H,9H2,1H3,(H,24,26). The van der Waals surface area contributed by atoms with Gasteiger partial charge in [0.05, 0.1) is 28.5 Å². The summed E-state index contributed by atoms with van der Waals surface area (Å²) in [4.78, 5) is 17.9. The van der Waals surface area contributed by atoms with Gasteiger partial charge in [-0.3, -0.25) is 4.79 Å². The fraction of sp³-hybridized carbons (Fsp3) is 0.105. The first-order valence-electron chi connectivity index (χ1n) is 8.29. The van der Waals surface area contributed by atoms with Gasteiger partial charge in [0, 0.05) is 17.0 Å². The number of nitrogens with zero attached hydrogens (tertiary/aromatic N) is 3. The number of thiophene rings is 1. The van der Waals surface area contributed by atoms with Gasteiger partial charge in [-0.2, -0.15) is 16.4 Å². The van der Waals surface area contributed by atoms with E-state index in [1.54, 1.807) is 34.3 Å². The highest BCUT2D eigenvalue weighted by atomic mass is 35.5. The normalized spacial score (nSPS) is 11.0. The summed E-state index contributed by atoms with van der Waals surface area (Å²) in [7, 11) is 0. The Hall–Kier alpha value is -2.19. The number of thiazole rings is 1. The molecular weight excluding hydrogens is 435 g/mol. The first-order chi connectivity index (χ1) is 13.5. The third kappa shape index (κ3) is 3.84. The molecule has 3 aromatic heterocycles. The maximum absolute atomic E-state index is 12.8. The van der Waals surface area contributed by atoms with Crippen LogP contribution in [0.5, 0.6) is 0 Å². The Morgan fingerprint density at radius 2 is 2.11 bits per heavy atom. The van der Waals surface area contributed by atoms with E-state index in [2.05, 4.69) is 15.4 Å². The molecule has 1 N–H and O–H groups in total. The Morgan fingerprint density at radius 1 is 1.25 bits per heavy atom. The van der Waals surface area contributed by atoms with Gasteiger partial charge < -0.3 is 5.32 Å². The van der Waals surface area contributed by atoms with Crippen molar-refractivity contribution >= 4 is 57.6 Å². The number of halogens is 2. The molecule has 0 fully saturated rings. The highest BCUT2D eigenvalue weighted by molar-refractivity contribution is 7.17. The second-order valence-electron chi connectivity index (χ2n) is 5.99. The number of benzene rings is 1. The van der Waals surface area contributed by atoms with E-state index in [0.29, 0.717) is 33.0 Å². The van der Waals surface area contributed by atoms with Gasteiger partial charge in [-0.15, -0.1) is 11.3 Å². The highest BCUT2D eigenvalue weighted by Gasteiger charge is 2.18. The Morgan fingerprint density at radius 3 is 2.89 bits per heavy atom. The van der Waals surface area contributed by atoms with E-state index in [9.17, 15) is 4.79 Å². The van der Waals surface area contributed by atoms with Crippen molar-refractivity contribution in [3.63, 3.8) is 0 Å². The minimum Gasteiger partial charge on any atom is -0.306 e. The first kappa shape index (κ1) is 19.1. The topological polar surface area (TPSA) is 59.8 Å². The molecule has 1 amide bonds. The number of carbonyl (C=O) groups excluding carboxylic acids is 1. The molecule has 5 nitrogen and oxygen atoms in total. The lowest BCUT2D eigenvalue weighted by atomic mass is 10.2. The lowest BCUT2D eigenvalue weighted by Gasteiger charge is -2.10. The lowest BCUT2D eigenvalue weighted by molar-refractivity contribution is 0.102. The van der Waals surface area contributed by atoms with E-state index in [1.807, 2.05) is 35.9 Å². The van der Waals surface area contributed by atoms with Gasteiger partial charge in [0.1, 0.15) is 15.7 Å². The Bertz CT molecular complexity index is 1130. The monoisotopic (exact) mass is 448 g/mol.